The fourth-order valence-corrected chi connectivity index (χ4v) is 4.64. The van der Waals surface area contributed by atoms with Crippen molar-refractivity contribution >= 4 is 51.7 Å². The first-order valence-electron chi connectivity index (χ1n) is 2.83. The first kappa shape index (κ1) is 12.3. The summed E-state index contributed by atoms with van der Waals surface area (Å²) in [5.74, 6) is -3.37. The smallest absolute Gasteiger partial charge is 0.271 e. The molecule has 2 nitrogen and oxygen atoms in total. The highest BCUT2D eigenvalue weighted by molar-refractivity contribution is 8.07. The van der Waals surface area contributed by atoms with E-state index in [0.717, 1.165) is 4.67 Å². The van der Waals surface area contributed by atoms with Crippen LogP contribution in [0.4, 0.5) is 0 Å². The van der Waals surface area contributed by atoms with E-state index in [2.05, 4.69) is 0 Å². The summed E-state index contributed by atoms with van der Waals surface area (Å²) in [5, 5.41) is 0. The molecule has 0 spiro atoms. The van der Waals surface area contributed by atoms with Gasteiger partial charge in [-0.2, -0.15) is 4.67 Å². The molecule has 0 saturated heterocycles. The molecule has 2 unspecified atom stereocenters. The van der Waals surface area contributed by atoms with Gasteiger partial charge < -0.3 is 0 Å². The number of hydrogen-bond donors (Lipinski definition) is 0. The highest BCUT2D eigenvalue weighted by Gasteiger charge is 2.32. The predicted octanol–water partition coefficient (Wildman–Crippen LogP) is 4.04. The lowest BCUT2D eigenvalue weighted by atomic mass is 10.6. The first-order chi connectivity index (χ1) is 4.76. The van der Waals surface area contributed by atoms with Gasteiger partial charge in [-0.25, -0.2) is 0 Å². The SMILES string of the molecule is CC(Cl)N(C(C)Cl)P(=O)(Cl)Cl. The normalized spacial score (nSPS) is 18.5. The van der Waals surface area contributed by atoms with Crippen LogP contribution >= 0.6 is 51.7 Å². The minimum atomic E-state index is -3.37. The van der Waals surface area contributed by atoms with Crippen LogP contribution < -0.4 is 0 Å². The number of hydrogen-bond acceptors (Lipinski definition) is 1. The Balaban J connectivity index is 4.49. The molecule has 0 radical (unpaired) electrons. The highest BCUT2D eigenvalue weighted by atomic mass is 35.9. The molecule has 0 fully saturated rings. The summed E-state index contributed by atoms with van der Waals surface area (Å²) in [5.41, 5.74) is -1.10. The molecule has 11 heavy (non-hydrogen) atoms. The van der Waals surface area contributed by atoms with Crippen molar-refractivity contribution in [3.8, 4) is 0 Å². The van der Waals surface area contributed by atoms with Gasteiger partial charge in [0.25, 0.3) is 0 Å². The molecule has 0 aliphatic rings. The molecule has 0 saturated carbocycles. The molecule has 0 aliphatic carbocycles. The minimum absolute atomic E-state index is 0.552. The van der Waals surface area contributed by atoms with Crippen LogP contribution in [0.1, 0.15) is 13.8 Å². The number of nitrogens with zero attached hydrogens (tertiary/aromatic N) is 1. The van der Waals surface area contributed by atoms with Gasteiger partial charge in [0.2, 0.25) is 0 Å². The third kappa shape index (κ3) is 4.21. The summed E-state index contributed by atoms with van der Waals surface area (Å²) in [7, 11) is 0. The van der Waals surface area contributed by atoms with Crippen LogP contribution in [0, 0.1) is 0 Å². The topological polar surface area (TPSA) is 20.3 Å². The van der Waals surface area contributed by atoms with E-state index in [1.54, 1.807) is 13.8 Å². The molecule has 0 aliphatic heterocycles. The fourth-order valence-electron chi connectivity index (χ4n) is 0.654. The van der Waals surface area contributed by atoms with Crippen LogP contribution in [0.15, 0.2) is 0 Å². The zero-order chi connectivity index (χ0) is 9.23. The lowest BCUT2D eigenvalue weighted by Crippen LogP contribution is -2.28. The molecule has 0 aromatic heterocycles. The van der Waals surface area contributed by atoms with Crippen molar-refractivity contribution in [1.82, 2.24) is 4.67 Å². The maximum absolute atomic E-state index is 11.1. The fraction of sp³-hybridized carbons (Fsp3) is 1.00. The highest BCUT2D eigenvalue weighted by Crippen LogP contribution is 2.62. The summed E-state index contributed by atoms with van der Waals surface area (Å²) in [6, 6.07) is 0. The Bertz CT molecular complexity index is 159. The summed E-state index contributed by atoms with van der Waals surface area (Å²) in [6.07, 6.45) is 0. The molecule has 7 heteroatoms. The van der Waals surface area contributed by atoms with Gasteiger partial charge in [-0.15, -0.1) is 23.2 Å². The Kier molecular flexibility index (Phi) is 5.11. The van der Waals surface area contributed by atoms with Crippen molar-refractivity contribution in [2.24, 2.45) is 0 Å². The van der Waals surface area contributed by atoms with E-state index in [-0.39, 0.29) is 0 Å². The Morgan fingerprint density at radius 1 is 1.18 bits per heavy atom. The quantitative estimate of drug-likeness (QED) is 0.433. The molecular formula is C4H8Cl4NOP. The van der Waals surface area contributed by atoms with Gasteiger partial charge in [0, 0.05) is 0 Å². The standard InChI is InChI=1S/C4H8Cl4NOP/c1-3(5)9(4(2)6)11(7,8)10/h3-4H,1-2H3. The summed E-state index contributed by atoms with van der Waals surface area (Å²) < 4.78 is 12.2. The van der Waals surface area contributed by atoms with E-state index in [4.69, 9.17) is 45.7 Å². The van der Waals surface area contributed by atoms with Gasteiger partial charge in [0.15, 0.2) is 0 Å². The molecule has 68 valence electrons. The van der Waals surface area contributed by atoms with E-state index in [9.17, 15) is 4.57 Å². The molecule has 0 N–H and O–H groups in total. The van der Waals surface area contributed by atoms with E-state index in [1.807, 2.05) is 0 Å². The van der Waals surface area contributed by atoms with Gasteiger partial charge in [0.05, 0.1) is 11.0 Å². The number of halogens is 4. The molecule has 0 bridgehead atoms. The molecule has 0 rings (SSSR count). The van der Waals surface area contributed by atoms with Crippen molar-refractivity contribution < 1.29 is 4.57 Å². The summed E-state index contributed by atoms with van der Waals surface area (Å²) in [4.78, 5) is 0. The van der Waals surface area contributed by atoms with Crippen LogP contribution in [-0.2, 0) is 4.57 Å². The molecule has 0 heterocycles. The predicted molar refractivity (Wildman–Crippen MR) is 51.8 cm³/mol. The maximum Gasteiger partial charge on any atom is 0.324 e. The molecule has 0 aromatic carbocycles. The Labute approximate surface area is 85.7 Å². The zero-order valence-electron chi connectivity index (χ0n) is 5.97. The Morgan fingerprint density at radius 2 is 1.45 bits per heavy atom. The van der Waals surface area contributed by atoms with Crippen LogP contribution in [0.5, 0.6) is 0 Å². The van der Waals surface area contributed by atoms with Gasteiger partial charge in [0.1, 0.15) is 0 Å². The third-order valence-electron chi connectivity index (χ3n) is 0.998. The molecular weight excluding hydrogens is 251 g/mol. The largest absolute Gasteiger partial charge is 0.324 e. The van der Waals surface area contributed by atoms with Crippen LogP contribution in [0.3, 0.4) is 0 Å². The zero-order valence-corrected chi connectivity index (χ0v) is 9.89. The van der Waals surface area contributed by atoms with Crippen LogP contribution in [-0.4, -0.2) is 15.7 Å². The van der Waals surface area contributed by atoms with Crippen molar-refractivity contribution in [2.45, 2.75) is 24.8 Å². The van der Waals surface area contributed by atoms with Crippen LogP contribution in [0.2, 0.25) is 0 Å². The summed E-state index contributed by atoms with van der Waals surface area (Å²) in [6.45, 7) is 3.19. The van der Waals surface area contributed by atoms with E-state index in [0.29, 0.717) is 0 Å². The summed E-state index contributed by atoms with van der Waals surface area (Å²) >= 11 is 22.0. The minimum Gasteiger partial charge on any atom is -0.271 e. The third-order valence-corrected chi connectivity index (χ3v) is 3.97. The lowest BCUT2D eigenvalue weighted by molar-refractivity contribution is 0.408. The Hall–Kier alpha value is 1.35. The Morgan fingerprint density at radius 3 is 1.45 bits per heavy atom. The monoisotopic (exact) mass is 257 g/mol. The maximum atomic E-state index is 11.1. The van der Waals surface area contributed by atoms with Crippen molar-refractivity contribution in [1.29, 1.82) is 0 Å². The average molecular weight is 259 g/mol. The molecule has 0 aromatic rings. The number of alkyl halides is 2. The molecule has 2 atom stereocenters. The molecule has 0 amide bonds. The van der Waals surface area contributed by atoms with E-state index < -0.39 is 17.0 Å². The first-order valence-corrected chi connectivity index (χ1v) is 7.17. The number of rotatable bonds is 3. The van der Waals surface area contributed by atoms with E-state index >= 15 is 0 Å². The average Bonchev–Trinajstić information content (AvgIpc) is 1.54. The van der Waals surface area contributed by atoms with Gasteiger partial charge >= 0.3 is 6.00 Å². The van der Waals surface area contributed by atoms with Crippen molar-refractivity contribution in [2.75, 3.05) is 0 Å². The second kappa shape index (κ2) is 4.55. The van der Waals surface area contributed by atoms with E-state index in [1.165, 1.54) is 0 Å². The van der Waals surface area contributed by atoms with Gasteiger partial charge in [-0.3, -0.25) is 4.57 Å². The van der Waals surface area contributed by atoms with Gasteiger partial charge in [-0.1, -0.05) is 0 Å². The lowest BCUT2D eigenvalue weighted by Gasteiger charge is -2.27. The second-order valence-corrected chi connectivity index (χ2v) is 7.83. The van der Waals surface area contributed by atoms with Gasteiger partial charge in [-0.05, 0) is 36.3 Å². The second-order valence-electron chi connectivity index (χ2n) is 1.96. The van der Waals surface area contributed by atoms with Crippen molar-refractivity contribution in [3.63, 3.8) is 0 Å². The van der Waals surface area contributed by atoms with Crippen molar-refractivity contribution in [3.05, 3.63) is 0 Å². The van der Waals surface area contributed by atoms with Crippen LogP contribution in [0.25, 0.3) is 0 Å².